The number of hydrogen-bond acceptors (Lipinski definition) is 2. The summed E-state index contributed by atoms with van der Waals surface area (Å²) in [4.78, 5) is 11.7. The zero-order chi connectivity index (χ0) is 15.1. The van der Waals surface area contributed by atoms with E-state index in [4.69, 9.17) is 11.6 Å². The Morgan fingerprint density at radius 3 is 2.57 bits per heavy atom. The maximum atomic E-state index is 13.4. The first-order chi connectivity index (χ1) is 10.2. The Morgan fingerprint density at radius 1 is 1.10 bits per heavy atom. The molecule has 0 fully saturated rings. The quantitative estimate of drug-likeness (QED) is 0.801. The van der Waals surface area contributed by atoms with E-state index in [1.807, 2.05) is 24.3 Å². The lowest BCUT2D eigenvalue weighted by atomic mass is 10.2. The van der Waals surface area contributed by atoms with Crippen molar-refractivity contribution < 1.29 is 9.18 Å². The number of amides is 1. The Bertz CT molecular complexity index is 619. The second-order valence-corrected chi connectivity index (χ2v) is 4.95. The van der Waals surface area contributed by atoms with Gasteiger partial charge < -0.3 is 10.6 Å². The largest absolute Gasteiger partial charge is 0.324 e. The highest BCUT2D eigenvalue weighted by molar-refractivity contribution is 6.31. The molecule has 0 aliphatic rings. The van der Waals surface area contributed by atoms with Crippen molar-refractivity contribution in [3.8, 4) is 0 Å². The second kappa shape index (κ2) is 7.76. The molecule has 0 aliphatic heterocycles. The van der Waals surface area contributed by atoms with Crippen LogP contribution in [0.25, 0.3) is 0 Å². The van der Waals surface area contributed by atoms with Gasteiger partial charge in [-0.25, -0.2) is 4.39 Å². The van der Waals surface area contributed by atoms with Crippen molar-refractivity contribution in [2.24, 2.45) is 0 Å². The second-order valence-electron chi connectivity index (χ2n) is 4.55. The fourth-order valence-corrected chi connectivity index (χ4v) is 2.04. The number of halogens is 2. The van der Waals surface area contributed by atoms with E-state index < -0.39 is 5.82 Å². The third-order valence-electron chi connectivity index (χ3n) is 2.95. The lowest BCUT2D eigenvalue weighted by molar-refractivity contribution is -0.116. The van der Waals surface area contributed by atoms with Gasteiger partial charge in [-0.05, 0) is 23.8 Å². The number of carbonyl (C=O) groups excluding carboxylic acids is 1. The number of para-hydroxylation sites is 1. The summed E-state index contributed by atoms with van der Waals surface area (Å²) in [7, 11) is 0. The molecule has 2 N–H and O–H groups in total. The summed E-state index contributed by atoms with van der Waals surface area (Å²) >= 11 is 6.03. The molecule has 2 aromatic carbocycles. The molecule has 3 nitrogen and oxygen atoms in total. The monoisotopic (exact) mass is 306 g/mol. The van der Waals surface area contributed by atoms with E-state index in [0.29, 0.717) is 18.1 Å². The number of anilines is 1. The molecule has 21 heavy (non-hydrogen) atoms. The number of rotatable bonds is 6. The van der Waals surface area contributed by atoms with Crippen LogP contribution in [0.15, 0.2) is 48.5 Å². The van der Waals surface area contributed by atoms with Gasteiger partial charge in [0, 0.05) is 24.5 Å². The van der Waals surface area contributed by atoms with Crippen LogP contribution in [-0.2, 0) is 11.3 Å². The summed E-state index contributed by atoms with van der Waals surface area (Å²) in [5, 5.41) is 6.37. The van der Waals surface area contributed by atoms with Crippen LogP contribution in [0.2, 0.25) is 5.02 Å². The summed E-state index contributed by atoms with van der Waals surface area (Å²) in [5.74, 6) is -0.665. The molecule has 1 amide bonds. The Balaban J connectivity index is 1.73. The van der Waals surface area contributed by atoms with Crippen LogP contribution < -0.4 is 10.6 Å². The van der Waals surface area contributed by atoms with Gasteiger partial charge in [0.1, 0.15) is 5.82 Å². The number of hydrogen-bond donors (Lipinski definition) is 2. The third kappa shape index (κ3) is 4.85. The molecule has 0 heterocycles. The van der Waals surface area contributed by atoms with Crippen LogP contribution in [0, 0.1) is 5.82 Å². The van der Waals surface area contributed by atoms with Crippen LogP contribution in [0.3, 0.4) is 0 Å². The van der Waals surface area contributed by atoms with E-state index in [-0.39, 0.29) is 18.0 Å². The van der Waals surface area contributed by atoms with Gasteiger partial charge in [-0.2, -0.15) is 0 Å². The smallest absolute Gasteiger partial charge is 0.225 e. The predicted octanol–water partition coefficient (Wildman–Crippen LogP) is 3.60. The molecule has 0 unspecified atom stereocenters. The Morgan fingerprint density at radius 2 is 1.81 bits per heavy atom. The lowest BCUT2D eigenvalue weighted by Gasteiger charge is -2.08. The predicted molar refractivity (Wildman–Crippen MR) is 82.8 cm³/mol. The maximum absolute atomic E-state index is 13.4. The highest BCUT2D eigenvalue weighted by Crippen LogP contribution is 2.14. The zero-order valence-electron chi connectivity index (χ0n) is 11.4. The summed E-state index contributed by atoms with van der Waals surface area (Å²) in [6, 6.07) is 13.6. The van der Waals surface area contributed by atoms with Gasteiger partial charge in [0.2, 0.25) is 5.91 Å². The Labute approximate surface area is 128 Å². The molecule has 0 atom stereocenters. The van der Waals surface area contributed by atoms with E-state index in [2.05, 4.69) is 10.6 Å². The molecular weight excluding hydrogens is 291 g/mol. The molecular formula is C16H16ClFN2O. The normalized spacial score (nSPS) is 10.4. The van der Waals surface area contributed by atoms with Crippen molar-refractivity contribution in [3.05, 3.63) is 64.9 Å². The minimum absolute atomic E-state index is 0.202. The highest BCUT2D eigenvalue weighted by Gasteiger charge is 2.06. The van der Waals surface area contributed by atoms with Crippen LogP contribution in [0.4, 0.5) is 10.1 Å². The van der Waals surface area contributed by atoms with Crippen molar-refractivity contribution in [1.29, 1.82) is 0 Å². The average molecular weight is 307 g/mol. The Hall–Kier alpha value is -1.91. The SMILES string of the molecule is O=C(CCNCc1ccccc1Cl)Nc1ccccc1F. The fourth-order valence-electron chi connectivity index (χ4n) is 1.84. The molecule has 110 valence electrons. The lowest BCUT2D eigenvalue weighted by Crippen LogP contribution is -2.22. The minimum Gasteiger partial charge on any atom is -0.324 e. The van der Waals surface area contributed by atoms with Gasteiger partial charge >= 0.3 is 0 Å². The first-order valence-corrected chi connectivity index (χ1v) is 7.03. The fraction of sp³-hybridized carbons (Fsp3) is 0.188. The number of nitrogens with one attached hydrogen (secondary N) is 2. The van der Waals surface area contributed by atoms with Crippen molar-refractivity contribution >= 4 is 23.2 Å². The molecule has 2 rings (SSSR count). The molecule has 5 heteroatoms. The molecule has 0 aliphatic carbocycles. The van der Waals surface area contributed by atoms with Gasteiger partial charge in [0.15, 0.2) is 0 Å². The number of carbonyl (C=O) groups is 1. The average Bonchev–Trinajstić information content (AvgIpc) is 2.48. The topological polar surface area (TPSA) is 41.1 Å². The van der Waals surface area contributed by atoms with Gasteiger partial charge in [-0.15, -0.1) is 0 Å². The van der Waals surface area contributed by atoms with Gasteiger partial charge in [-0.3, -0.25) is 4.79 Å². The first kappa shape index (κ1) is 15.5. The zero-order valence-corrected chi connectivity index (χ0v) is 12.2. The molecule has 0 saturated carbocycles. The van der Waals surface area contributed by atoms with E-state index >= 15 is 0 Å². The minimum atomic E-state index is -0.435. The van der Waals surface area contributed by atoms with Crippen LogP contribution >= 0.6 is 11.6 Å². The summed E-state index contributed by atoms with van der Waals surface area (Å²) in [6.07, 6.45) is 0.263. The summed E-state index contributed by atoms with van der Waals surface area (Å²) < 4.78 is 13.4. The molecule has 0 spiro atoms. The first-order valence-electron chi connectivity index (χ1n) is 6.65. The van der Waals surface area contributed by atoms with Crippen LogP contribution in [0.5, 0.6) is 0 Å². The van der Waals surface area contributed by atoms with Crippen LogP contribution in [-0.4, -0.2) is 12.5 Å². The van der Waals surface area contributed by atoms with Crippen LogP contribution in [0.1, 0.15) is 12.0 Å². The van der Waals surface area contributed by atoms with Crippen molar-refractivity contribution in [3.63, 3.8) is 0 Å². The van der Waals surface area contributed by atoms with Gasteiger partial charge in [0.05, 0.1) is 5.69 Å². The molecule has 0 aromatic heterocycles. The van der Waals surface area contributed by atoms with Crippen molar-refractivity contribution in [2.75, 3.05) is 11.9 Å². The molecule has 0 bridgehead atoms. The van der Waals surface area contributed by atoms with Crippen molar-refractivity contribution in [1.82, 2.24) is 5.32 Å². The summed E-state index contributed by atoms with van der Waals surface area (Å²) in [6.45, 7) is 1.08. The summed E-state index contributed by atoms with van der Waals surface area (Å²) in [5.41, 5.74) is 1.18. The van der Waals surface area contributed by atoms with E-state index in [0.717, 1.165) is 5.56 Å². The van der Waals surface area contributed by atoms with Crippen molar-refractivity contribution in [2.45, 2.75) is 13.0 Å². The van der Waals surface area contributed by atoms with Gasteiger partial charge in [-0.1, -0.05) is 41.9 Å². The standard InChI is InChI=1S/C16H16ClFN2O/c17-13-6-2-1-5-12(13)11-19-10-9-16(21)20-15-8-4-3-7-14(15)18/h1-8,19H,9-11H2,(H,20,21). The maximum Gasteiger partial charge on any atom is 0.225 e. The van der Waals surface area contributed by atoms with E-state index in [9.17, 15) is 9.18 Å². The van der Waals surface area contributed by atoms with E-state index in [1.54, 1.807) is 12.1 Å². The highest BCUT2D eigenvalue weighted by atomic mass is 35.5. The Kier molecular flexibility index (Phi) is 5.72. The molecule has 0 saturated heterocycles. The van der Waals surface area contributed by atoms with Gasteiger partial charge in [0.25, 0.3) is 0 Å². The van der Waals surface area contributed by atoms with E-state index in [1.165, 1.54) is 12.1 Å². The number of benzene rings is 2. The molecule has 0 radical (unpaired) electrons. The molecule has 2 aromatic rings. The third-order valence-corrected chi connectivity index (χ3v) is 3.32.